The lowest BCUT2D eigenvalue weighted by Gasteiger charge is -2.30. The van der Waals surface area contributed by atoms with E-state index < -0.39 is 0 Å². The molecule has 1 fully saturated rings. The zero-order chi connectivity index (χ0) is 13.2. The molecule has 3 N–H and O–H groups in total. The van der Waals surface area contributed by atoms with Crippen LogP contribution in [0.1, 0.15) is 36.8 Å². The fraction of sp³-hybridized carbons (Fsp3) is 0.562. The van der Waals surface area contributed by atoms with Gasteiger partial charge in [0.15, 0.2) is 0 Å². The van der Waals surface area contributed by atoms with E-state index in [1.165, 1.54) is 24.0 Å². The molecule has 1 amide bonds. The minimum absolute atomic E-state index is 0.103. The van der Waals surface area contributed by atoms with Crippen LogP contribution < -0.4 is 11.1 Å². The highest BCUT2D eigenvalue weighted by molar-refractivity contribution is 5.80. The topological polar surface area (TPSA) is 55.1 Å². The summed E-state index contributed by atoms with van der Waals surface area (Å²) in [7, 11) is 0. The molecule has 0 spiro atoms. The molecule has 1 aromatic carbocycles. The van der Waals surface area contributed by atoms with E-state index in [9.17, 15) is 4.79 Å². The largest absolute Gasteiger partial charge is 0.352 e. The van der Waals surface area contributed by atoms with Crippen molar-refractivity contribution in [2.75, 3.05) is 0 Å². The smallest absolute Gasteiger partial charge is 0.224 e. The summed E-state index contributed by atoms with van der Waals surface area (Å²) in [5.41, 5.74) is 8.75. The van der Waals surface area contributed by atoms with E-state index in [2.05, 4.69) is 29.6 Å². The second-order valence-electron chi connectivity index (χ2n) is 5.94. The number of carbonyl (C=O) groups is 1. The van der Waals surface area contributed by atoms with E-state index in [0.29, 0.717) is 0 Å². The predicted octanol–water partition coefficient (Wildman–Crippen LogP) is 1.79. The van der Waals surface area contributed by atoms with Crippen molar-refractivity contribution >= 4 is 5.91 Å². The van der Waals surface area contributed by atoms with Gasteiger partial charge in [0.25, 0.3) is 0 Å². The average Bonchev–Trinajstić information content (AvgIpc) is 2.85. The van der Waals surface area contributed by atoms with Gasteiger partial charge in [0.1, 0.15) is 0 Å². The molecule has 3 heteroatoms. The van der Waals surface area contributed by atoms with Crippen molar-refractivity contribution in [3.05, 3.63) is 35.4 Å². The van der Waals surface area contributed by atoms with Gasteiger partial charge in [0, 0.05) is 18.0 Å². The maximum Gasteiger partial charge on any atom is 0.224 e. The lowest BCUT2D eigenvalue weighted by Crippen LogP contribution is -2.50. The Morgan fingerprint density at radius 1 is 1.11 bits per heavy atom. The predicted molar refractivity (Wildman–Crippen MR) is 75.7 cm³/mol. The van der Waals surface area contributed by atoms with Crippen molar-refractivity contribution in [1.29, 1.82) is 0 Å². The Morgan fingerprint density at radius 2 is 1.74 bits per heavy atom. The summed E-state index contributed by atoms with van der Waals surface area (Å²) in [4.78, 5) is 12.4. The average molecular weight is 258 g/mol. The van der Waals surface area contributed by atoms with Crippen molar-refractivity contribution in [3.8, 4) is 0 Å². The molecule has 2 aliphatic carbocycles. The van der Waals surface area contributed by atoms with Crippen LogP contribution in [0.2, 0.25) is 0 Å². The maximum absolute atomic E-state index is 12.4. The Labute approximate surface area is 114 Å². The first-order chi connectivity index (χ1) is 9.24. The molecule has 102 valence electrons. The van der Waals surface area contributed by atoms with Crippen molar-refractivity contribution in [2.24, 2.45) is 11.7 Å². The molecule has 3 rings (SSSR count). The van der Waals surface area contributed by atoms with Gasteiger partial charge in [0.2, 0.25) is 5.91 Å². The Balaban J connectivity index is 1.60. The molecule has 0 aliphatic heterocycles. The van der Waals surface area contributed by atoms with Gasteiger partial charge in [-0.15, -0.1) is 0 Å². The van der Waals surface area contributed by atoms with E-state index in [0.717, 1.165) is 25.7 Å². The highest BCUT2D eigenvalue weighted by Gasteiger charge is 2.30. The number of carbonyl (C=O) groups excluding carboxylic acids is 1. The molecule has 1 aromatic rings. The summed E-state index contributed by atoms with van der Waals surface area (Å²) in [6, 6.07) is 8.70. The Bertz CT molecular complexity index is 447. The Kier molecular flexibility index (Phi) is 3.56. The van der Waals surface area contributed by atoms with Crippen LogP contribution in [0.15, 0.2) is 24.3 Å². The summed E-state index contributed by atoms with van der Waals surface area (Å²) in [6.07, 6.45) is 6.21. The number of fused-ring (bicyclic) bond motifs is 1. The Morgan fingerprint density at radius 3 is 2.37 bits per heavy atom. The van der Waals surface area contributed by atoms with Gasteiger partial charge in [0.05, 0.1) is 0 Å². The van der Waals surface area contributed by atoms with Crippen molar-refractivity contribution in [3.63, 3.8) is 0 Å². The molecule has 2 aliphatic rings. The minimum Gasteiger partial charge on any atom is -0.352 e. The van der Waals surface area contributed by atoms with E-state index in [1.54, 1.807) is 0 Å². The SMILES string of the molecule is N[C@@H]1CCCC[C@H]1NC(=O)C1Cc2ccccc2C1. The first-order valence-electron chi connectivity index (χ1n) is 7.37. The van der Waals surface area contributed by atoms with Gasteiger partial charge >= 0.3 is 0 Å². The summed E-state index contributed by atoms with van der Waals surface area (Å²) in [5.74, 6) is 0.296. The Hall–Kier alpha value is -1.35. The third-order valence-electron chi connectivity index (χ3n) is 4.57. The minimum atomic E-state index is 0.103. The number of hydrogen-bond donors (Lipinski definition) is 2. The van der Waals surface area contributed by atoms with E-state index in [-0.39, 0.29) is 23.9 Å². The van der Waals surface area contributed by atoms with Crippen LogP contribution in [0.3, 0.4) is 0 Å². The standard InChI is InChI=1S/C16H22N2O/c17-14-7-3-4-8-15(14)18-16(19)13-9-11-5-1-2-6-12(11)10-13/h1-2,5-6,13-15H,3-4,7-10,17H2,(H,18,19)/t14-,15-/m1/s1. The van der Waals surface area contributed by atoms with Crippen LogP contribution in [0.25, 0.3) is 0 Å². The van der Waals surface area contributed by atoms with Gasteiger partial charge in [-0.2, -0.15) is 0 Å². The second-order valence-corrected chi connectivity index (χ2v) is 5.94. The molecule has 19 heavy (non-hydrogen) atoms. The maximum atomic E-state index is 12.4. The number of rotatable bonds is 2. The monoisotopic (exact) mass is 258 g/mol. The normalized spacial score (nSPS) is 27.0. The molecule has 1 saturated carbocycles. The van der Waals surface area contributed by atoms with Crippen LogP contribution in [0.5, 0.6) is 0 Å². The molecule has 0 saturated heterocycles. The van der Waals surface area contributed by atoms with Gasteiger partial charge in [-0.05, 0) is 36.8 Å². The lowest BCUT2D eigenvalue weighted by atomic mass is 9.90. The van der Waals surface area contributed by atoms with Gasteiger partial charge in [-0.25, -0.2) is 0 Å². The van der Waals surface area contributed by atoms with Gasteiger partial charge in [-0.3, -0.25) is 4.79 Å². The van der Waals surface area contributed by atoms with Crippen LogP contribution in [0.4, 0.5) is 0 Å². The summed E-state index contributed by atoms with van der Waals surface area (Å²) < 4.78 is 0. The van der Waals surface area contributed by atoms with Crippen LogP contribution >= 0.6 is 0 Å². The van der Waals surface area contributed by atoms with Crippen LogP contribution in [-0.4, -0.2) is 18.0 Å². The van der Waals surface area contributed by atoms with E-state index >= 15 is 0 Å². The quantitative estimate of drug-likeness (QED) is 0.849. The fourth-order valence-corrected chi connectivity index (χ4v) is 3.38. The first-order valence-corrected chi connectivity index (χ1v) is 7.37. The first kappa shape index (κ1) is 12.7. The number of hydrogen-bond acceptors (Lipinski definition) is 2. The molecule has 2 atom stereocenters. The number of nitrogens with two attached hydrogens (primary N) is 1. The van der Waals surface area contributed by atoms with Crippen LogP contribution in [-0.2, 0) is 17.6 Å². The fourth-order valence-electron chi connectivity index (χ4n) is 3.38. The number of amides is 1. The highest BCUT2D eigenvalue weighted by Crippen LogP contribution is 2.27. The summed E-state index contributed by atoms with van der Waals surface area (Å²) in [5, 5.41) is 3.18. The zero-order valence-corrected chi connectivity index (χ0v) is 11.3. The molecule has 0 aromatic heterocycles. The molecular weight excluding hydrogens is 236 g/mol. The van der Waals surface area contributed by atoms with Crippen molar-refractivity contribution in [2.45, 2.75) is 50.6 Å². The molecule has 3 nitrogen and oxygen atoms in total. The van der Waals surface area contributed by atoms with E-state index in [4.69, 9.17) is 5.73 Å². The third-order valence-corrected chi connectivity index (χ3v) is 4.57. The summed E-state index contributed by atoms with van der Waals surface area (Å²) >= 11 is 0. The van der Waals surface area contributed by atoms with Crippen LogP contribution in [0, 0.1) is 5.92 Å². The molecule has 0 bridgehead atoms. The number of benzene rings is 1. The highest BCUT2D eigenvalue weighted by atomic mass is 16.1. The van der Waals surface area contributed by atoms with Gasteiger partial charge < -0.3 is 11.1 Å². The molecular formula is C16H22N2O. The third kappa shape index (κ3) is 2.66. The molecule has 0 heterocycles. The van der Waals surface area contributed by atoms with Crippen molar-refractivity contribution in [1.82, 2.24) is 5.32 Å². The second kappa shape index (κ2) is 5.33. The van der Waals surface area contributed by atoms with Crippen molar-refractivity contribution < 1.29 is 4.79 Å². The lowest BCUT2D eigenvalue weighted by molar-refractivity contribution is -0.125. The zero-order valence-electron chi connectivity index (χ0n) is 11.3. The number of nitrogens with one attached hydrogen (secondary N) is 1. The summed E-state index contributed by atoms with van der Waals surface area (Å²) in [6.45, 7) is 0. The molecule has 0 unspecified atom stereocenters. The van der Waals surface area contributed by atoms with Gasteiger partial charge in [-0.1, -0.05) is 37.1 Å². The van der Waals surface area contributed by atoms with E-state index in [1.807, 2.05) is 0 Å². The molecule has 0 radical (unpaired) electrons.